The van der Waals surface area contributed by atoms with Gasteiger partial charge in [-0.3, -0.25) is 0 Å². The molecule has 2 aromatic rings. The zero-order valence-corrected chi connectivity index (χ0v) is 9.95. The van der Waals surface area contributed by atoms with Gasteiger partial charge in [-0.15, -0.1) is 0 Å². The fourth-order valence-corrected chi connectivity index (χ4v) is 1.88. The smallest absolute Gasteiger partial charge is 0.140 e. The second-order valence-electron chi connectivity index (χ2n) is 3.91. The van der Waals surface area contributed by atoms with Gasteiger partial charge < -0.3 is 20.8 Å². The zero-order valence-electron chi connectivity index (χ0n) is 9.95. The first-order valence-electron chi connectivity index (χ1n) is 5.73. The van der Waals surface area contributed by atoms with Gasteiger partial charge in [0, 0.05) is 24.2 Å². The van der Waals surface area contributed by atoms with Crippen LogP contribution in [0.2, 0.25) is 0 Å². The Bertz CT molecular complexity index is 526. The van der Waals surface area contributed by atoms with Crippen LogP contribution in [0.4, 0.5) is 11.5 Å². The molecule has 96 valence electrons. The number of benzene rings is 1. The number of aromatic nitrogens is 2. The molecular weight excluding hydrogens is 232 g/mol. The lowest BCUT2D eigenvalue weighted by atomic mass is 10.2. The first kappa shape index (κ1) is 12.5. The number of nitrogen functional groups attached to an aromatic ring is 1. The predicted octanol–water partition coefficient (Wildman–Crippen LogP) is 0.00300. The first-order valence-corrected chi connectivity index (χ1v) is 5.73. The quantitative estimate of drug-likeness (QED) is 0.645. The summed E-state index contributed by atoms with van der Waals surface area (Å²) in [5, 5.41) is 19.0. The van der Waals surface area contributed by atoms with Gasteiger partial charge in [-0.05, 0) is 18.2 Å². The fourth-order valence-electron chi connectivity index (χ4n) is 1.88. The summed E-state index contributed by atoms with van der Waals surface area (Å²) in [7, 11) is 0. The SMILES string of the molecule is Nc1ccc2c(N(CCO)CCO)ncnc2c1. The molecule has 0 fully saturated rings. The number of rotatable bonds is 5. The maximum Gasteiger partial charge on any atom is 0.140 e. The van der Waals surface area contributed by atoms with Gasteiger partial charge in [-0.2, -0.15) is 0 Å². The highest BCUT2D eigenvalue weighted by atomic mass is 16.3. The van der Waals surface area contributed by atoms with Crippen molar-refractivity contribution in [1.82, 2.24) is 9.97 Å². The summed E-state index contributed by atoms with van der Waals surface area (Å²) in [6.45, 7) is 0.828. The van der Waals surface area contributed by atoms with E-state index >= 15 is 0 Å². The monoisotopic (exact) mass is 248 g/mol. The maximum atomic E-state index is 9.05. The van der Waals surface area contributed by atoms with Crippen LogP contribution in [0.5, 0.6) is 0 Å². The number of hydrogen-bond donors (Lipinski definition) is 3. The molecule has 0 saturated heterocycles. The van der Waals surface area contributed by atoms with E-state index in [2.05, 4.69) is 9.97 Å². The van der Waals surface area contributed by atoms with Crippen LogP contribution in [0.3, 0.4) is 0 Å². The topological polar surface area (TPSA) is 95.5 Å². The van der Waals surface area contributed by atoms with E-state index in [9.17, 15) is 0 Å². The average molecular weight is 248 g/mol. The molecule has 1 heterocycles. The Kier molecular flexibility index (Phi) is 3.91. The third-order valence-electron chi connectivity index (χ3n) is 2.68. The van der Waals surface area contributed by atoms with E-state index in [1.165, 1.54) is 6.33 Å². The van der Waals surface area contributed by atoms with Crippen LogP contribution < -0.4 is 10.6 Å². The summed E-state index contributed by atoms with van der Waals surface area (Å²) in [6.07, 6.45) is 1.46. The lowest BCUT2D eigenvalue weighted by Crippen LogP contribution is -2.30. The molecule has 0 aliphatic carbocycles. The fraction of sp³-hybridized carbons (Fsp3) is 0.333. The van der Waals surface area contributed by atoms with Gasteiger partial charge in [-0.1, -0.05) is 0 Å². The highest BCUT2D eigenvalue weighted by Gasteiger charge is 2.11. The van der Waals surface area contributed by atoms with Crippen molar-refractivity contribution in [2.24, 2.45) is 0 Å². The molecule has 0 saturated carbocycles. The third kappa shape index (κ3) is 2.49. The average Bonchev–Trinajstić information content (AvgIpc) is 2.37. The van der Waals surface area contributed by atoms with E-state index in [0.717, 1.165) is 10.9 Å². The molecule has 0 amide bonds. The molecule has 0 aliphatic rings. The number of aliphatic hydroxyl groups is 2. The predicted molar refractivity (Wildman–Crippen MR) is 70.3 cm³/mol. The van der Waals surface area contributed by atoms with E-state index in [1.54, 1.807) is 12.1 Å². The van der Waals surface area contributed by atoms with Gasteiger partial charge in [0.25, 0.3) is 0 Å². The van der Waals surface area contributed by atoms with Crippen molar-refractivity contribution in [3.8, 4) is 0 Å². The number of fused-ring (bicyclic) bond motifs is 1. The van der Waals surface area contributed by atoms with Crippen molar-refractivity contribution in [3.63, 3.8) is 0 Å². The molecule has 0 bridgehead atoms. The Labute approximate surface area is 105 Å². The van der Waals surface area contributed by atoms with Crippen LogP contribution in [0, 0.1) is 0 Å². The van der Waals surface area contributed by atoms with Crippen LogP contribution in [0.25, 0.3) is 10.9 Å². The highest BCUT2D eigenvalue weighted by molar-refractivity contribution is 5.91. The molecule has 6 heteroatoms. The second-order valence-corrected chi connectivity index (χ2v) is 3.91. The molecular formula is C12H16N4O2. The number of hydrogen-bond acceptors (Lipinski definition) is 6. The van der Waals surface area contributed by atoms with Crippen molar-refractivity contribution in [3.05, 3.63) is 24.5 Å². The van der Waals surface area contributed by atoms with E-state index in [0.29, 0.717) is 24.6 Å². The number of nitrogens with two attached hydrogens (primary N) is 1. The normalized spacial score (nSPS) is 10.8. The Morgan fingerprint density at radius 3 is 2.50 bits per heavy atom. The van der Waals surface area contributed by atoms with Crippen LogP contribution in [-0.4, -0.2) is 46.5 Å². The van der Waals surface area contributed by atoms with Crippen LogP contribution in [0.15, 0.2) is 24.5 Å². The summed E-state index contributed by atoms with van der Waals surface area (Å²) in [5.74, 6) is 0.697. The summed E-state index contributed by atoms with van der Waals surface area (Å²) >= 11 is 0. The summed E-state index contributed by atoms with van der Waals surface area (Å²) in [5.41, 5.74) is 7.11. The number of nitrogens with zero attached hydrogens (tertiary/aromatic N) is 3. The summed E-state index contributed by atoms with van der Waals surface area (Å²) in [6, 6.07) is 5.41. The zero-order chi connectivity index (χ0) is 13.0. The van der Waals surface area contributed by atoms with Gasteiger partial charge in [-0.25, -0.2) is 9.97 Å². The molecule has 0 unspecified atom stereocenters. The molecule has 18 heavy (non-hydrogen) atoms. The molecule has 4 N–H and O–H groups in total. The Morgan fingerprint density at radius 2 is 1.83 bits per heavy atom. The minimum Gasteiger partial charge on any atom is -0.399 e. The maximum absolute atomic E-state index is 9.05. The van der Waals surface area contributed by atoms with Crippen molar-refractivity contribution in [2.75, 3.05) is 36.9 Å². The van der Waals surface area contributed by atoms with Gasteiger partial charge in [0.2, 0.25) is 0 Å². The van der Waals surface area contributed by atoms with Gasteiger partial charge >= 0.3 is 0 Å². The van der Waals surface area contributed by atoms with Crippen molar-refractivity contribution < 1.29 is 10.2 Å². The number of anilines is 2. The lowest BCUT2D eigenvalue weighted by molar-refractivity contribution is 0.281. The highest BCUT2D eigenvalue weighted by Crippen LogP contribution is 2.24. The molecule has 6 nitrogen and oxygen atoms in total. The number of aliphatic hydroxyl groups excluding tert-OH is 2. The third-order valence-corrected chi connectivity index (χ3v) is 2.68. The van der Waals surface area contributed by atoms with E-state index in [4.69, 9.17) is 15.9 Å². The largest absolute Gasteiger partial charge is 0.399 e. The molecule has 1 aromatic carbocycles. The molecule has 0 spiro atoms. The van der Waals surface area contributed by atoms with Gasteiger partial charge in [0.1, 0.15) is 12.1 Å². The minimum absolute atomic E-state index is 0.000465. The summed E-state index contributed by atoms with van der Waals surface area (Å²) in [4.78, 5) is 10.2. The first-order chi connectivity index (χ1) is 8.76. The van der Waals surface area contributed by atoms with Gasteiger partial charge in [0.15, 0.2) is 0 Å². The van der Waals surface area contributed by atoms with Crippen molar-refractivity contribution in [2.45, 2.75) is 0 Å². The van der Waals surface area contributed by atoms with E-state index < -0.39 is 0 Å². The van der Waals surface area contributed by atoms with Crippen LogP contribution >= 0.6 is 0 Å². The molecule has 1 aromatic heterocycles. The molecule has 0 atom stereocenters. The molecule has 2 rings (SSSR count). The van der Waals surface area contributed by atoms with E-state index in [-0.39, 0.29) is 13.2 Å². The van der Waals surface area contributed by atoms with Crippen LogP contribution in [0.1, 0.15) is 0 Å². The van der Waals surface area contributed by atoms with Crippen LogP contribution in [-0.2, 0) is 0 Å². The lowest BCUT2D eigenvalue weighted by Gasteiger charge is -2.22. The Hall–Kier alpha value is -1.92. The minimum atomic E-state index is 0.000465. The molecule has 0 radical (unpaired) electrons. The standard InChI is InChI=1S/C12H16N4O2/c13-9-1-2-10-11(7-9)14-8-15-12(10)16(3-5-17)4-6-18/h1-2,7-8,17-18H,3-6,13H2. The van der Waals surface area contributed by atoms with Crippen molar-refractivity contribution >= 4 is 22.4 Å². The van der Waals surface area contributed by atoms with Crippen molar-refractivity contribution in [1.29, 1.82) is 0 Å². The Morgan fingerprint density at radius 1 is 1.11 bits per heavy atom. The van der Waals surface area contributed by atoms with E-state index in [1.807, 2.05) is 11.0 Å². The van der Waals surface area contributed by atoms with Gasteiger partial charge in [0.05, 0.1) is 18.7 Å². The second kappa shape index (κ2) is 5.61. The summed E-state index contributed by atoms with van der Waals surface area (Å²) < 4.78 is 0. The Balaban J connectivity index is 2.48. The molecule has 0 aliphatic heterocycles.